The Balaban J connectivity index is 1.29. The number of benzene rings is 1. The lowest BCUT2D eigenvalue weighted by atomic mass is 9.93. The largest absolute Gasteiger partial charge is 0.354 e. The van der Waals surface area contributed by atoms with Crippen LogP contribution < -0.4 is 10.2 Å². The van der Waals surface area contributed by atoms with Crippen molar-refractivity contribution in [3.63, 3.8) is 0 Å². The Morgan fingerprint density at radius 3 is 3.00 bits per heavy atom. The second-order valence-corrected chi connectivity index (χ2v) is 7.32. The minimum absolute atomic E-state index is 0.0927. The minimum atomic E-state index is -0.907. The maximum atomic E-state index is 13.2. The van der Waals surface area contributed by atoms with Crippen LogP contribution in [0.25, 0.3) is 11.2 Å². The zero-order valence-corrected chi connectivity index (χ0v) is 15.9. The first-order chi connectivity index (χ1) is 14.1. The molecule has 2 aromatic heterocycles. The van der Waals surface area contributed by atoms with Gasteiger partial charge in [0.05, 0.1) is 6.33 Å². The highest BCUT2D eigenvalue weighted by Gasteiger charge is 2.23. The molecule has 2 N–H and O–H groups in total. The Morgan fingerprint density at radius 2 is 2.14 bits per heavy atom. The number of nitrogens with zero attached hydrogens (tertiary/aromatic N) is 4. The number of amides is 1. The summed E-state index contributed by atoms with van der Waals surface area (Å²) < 4.78 is 26.2. The van der Waals surface area contributed by atoms with E-state index >= 15 is 0 Å². The summed E-state index contributed by atoms with van der Waals surface area (Å²) >= 11 is 0. The van der Waals surface area contributed by atoms with Crippen molar-refractivity contribution >= 4 is 22.9 Å². The predicted molar refractivity (Wildman–Crippen MR) is 104 cm³/mol. The SMILES string of the molecule is O=C(CCC1CCCN(c2ncnc3nc[nH]c23)C1)NCc1ccc(F)c(F)c1. The number of aromatic amines is 1. The molecule has 0 saturated carbocycles. The number of piperidine rings is 1. The molecule has 0 radical (unpaired) electrons. The minimum Gasteiger partial charge on any atom is -0.354 e. The van der Waals surface area contributed by atoms with Crippen molar-refractivity contribution in [3.05, 3.63) is 48.1 Å². The fourth-order valence-electron chi connectivity index (χ4n) is 3.76. The van der Waals surface area contributed by atoms with Gasteiger partial charge in [-0.15, -0.1) is 0 Å². The number of carbonyl (C=O) groups excluding carboxylic acids is 1. The summed E-state index contributed by atoms with van der Waals surface area (Å²) in [6, 6.07) is 3.64. The van der Waals surface area contributed by atoms with Gasteiger partial charge in [-0.25, -0.2) is 23.7 Å². The maximum absolute atomic E-state index is 13.2. The van der Waals surface area contributed by atoms with Crippen LogP contribution in [-0.4, -0.2) is 38.9 Å². The molecule has 1 atom stereocenters. The number of rotatable bonds is 6. The van der Waals surface area contributed by atoms with Crippen molar-refractivity contribution in [2.45, 2.75) is 32.2 Å². The molecule has 3 heterocycles. The second kappa shape index (κ2) is 8.50. The molecule has 1 amide bonds. The van der Waals surface area contributed by atoms with Crippen LogP contribution in [0, 0.1) is 17.6 Å². The highest BCUT2D eigenvalue weighted by atomic mass is 19.2. The molecule has 3 aromatic rings. The first kappa shape index (κ1) is 19.2. The number of nitrogens with one attached hydrogen (secondary N) is 2. The third kappa shape index (κ3) is 4.49. The van der Waals surface area contributed by atoms with Crippen LogP contribution in [0.1, 0.15) is 31.2 Å². The van der Waals surface area contributed by atoms with E-state index in [4.69, 9.17) is 0 Å². The van der Waals surface area contributed by atoms with E-state index in [1.807, 2.05) is 0 Å². The summed E-state index contributed by atoms with van der Waals surface area (Å²) in [5.41, 5.74) is 2.01. The van der Waals surface area contributed by atoms with E-state index in [1.54, 1.807) is 6.33 Å². The number of aromatic nitrogens is 4. The zero-order valence-electron chi connectivity index (χ0n) is 15.9. The number of fused-ring (bicyclic) bond motifs is 1. The molecule has 0 aliphatic carbocycles. The maximum Gasteiger partial charge on any atom is 0.220 e. The molecule has 0 bridgehead atoms. The Kier molecular flexibility index (Phi) is 5.64. The monoisotopic (exact) mass is 400 g/mol. The average Bonchev–Trinajstić information content (AvgIpc) is 3.22. The van der Waals surface area contributed by atoms with Gasteiger partial charge in [0.1, 0.15) is 11.8 Å². The molecule has 7 nitrogen and oxygen atoms in total. The van der Waals surface area contributed by atoms with Crippen LogP contribution in [0.15, 0.2) is 30.9 Å². The average molecular weight is 400 g/mol. The number of halogens is 2. The van der Waals surface area contributed by atoms with E-state index in [0.717, 1.165) is 55.8 Å². The van der Waals surface area contributed by atoms with Gasteiger partial charge < -0.3 is 15.2 Å². The molecular weight excluding hydrogens is 378 g/mol. The Hall–Kier alpha value is -3.10. The summed E-state index contributed by atoms with van der Waals surface area (Å²) in [5, 5.41) is 2.77. The molecule has 1 unspecified atom stereocenters. The van der Waals surface area contributed by atoms with Crippen molar-refractivity contribution < 1.29 is 13.6 Å². The van der Waals surface area contributed by atoms with Gasteiger partial charge in [0.2, 0.25) is 5.91 Å². The van der Waals surface area contributed by atoms with Crippen LogP contribution in [0.2, 0.25) is 0 Å². The lowest BCUT2D eigenvalue weighted by molar-refractivity contribution is -0.121. The summed E-state index contributed by atoms with van der Waals surface area (Å²) in [5.74, 6) is -0.663. The Labute approximate surface area is 166 Å². The molecular formula is C20H22F2N6O. The highest BCUT2D eigenvalue weighted by Crippen LogP contribution is 2.27. The summed E-state index contributed by atoms with van der Waals surface area (Å²) in [4.78, 5) is 30.2. The van der Waals surface area contributed by atoms with Gasteiger partial charge in [-0.3, -0.25) is 4.79 Å². The van der Waals surface area contributed by atoms with Gasteiger partial charge in [0, 0.05) is 26.1 Å². The predicted octanol–water partition coefficient (Wildman–Crippen LogP) is 2.94. The van der Waals surface area contributed by atoms with Crippen molar-refractivity contribution in [3.8, 4) is 0 Å². The molecule has 9 heteroatoms. The molecule has 1 fully saturated rings. The van der Waals surface area contributed by atoms with E-state index in [2.05, 4.69) is 30.2 Å². The van der Waals surface area contributed by atoms with Crippen LogP contribution >= 0.6 is 0 Å². The molecule has 152 valence electrons. The van der Waals surface area contributed by atoms with Crippen LogP contribution in [-0.2, 0) is 11.3 Å². The lowest BCUT2D eigenvalue weighted by Gasteiger charge is -2.33. The van der Waals surface area contributed by atoms with Crippen molar-refractivity contribution in [1.82, 2.24) is 25.3 Å². The Morgan fingerprint density at radius 1 is 1.24 bits per heavy atom. The van der Waals surface area contributed by atoms with Gasteiger partial charge in [0.15, 0.2) is 23.1 Å². The first-order valence-corrected chi connectivity index (χ1v) is 9.70. The third-order valence-electron chi connectivity index (χ3n) is 5.27. The van der Waals surface area contributed by atoms with Gasteiger partial charge >= 0.3 is 0 Å². The molecule has 1 aliphatic rings. The molecule has 1 saturated heterocycles. The fraction of sp³-hybridized carbons (Fsp3) is 0.400. The van der Waals surface area contributed by atoms with E-state index < -0.39 is 11.6 Å². The highest BCUT2D eigenvalue weighted by molar-refractivity contribution is 5.82. The number of hydrogen-bond acceptors (Lipinski definition) is 5. The topological polar surface area (TPSA) is 86.8 Å². The van der Waals surface area contributed by atoms with Gasteiger partial charge in [0.25, 0.3) is 0 Å². The summed E-state index contributed by atoms with van der Waals surface area (Å²) in [6.45, 7) is 1.91. The van der Waals surface area contributed by atoms with E-state index in [1.165, 1.54) is 12.4 Å². The summed E-state index contributed by atoms with van der Waals surface area (Å²) in [7, 11) is 0. The molecule has 29 heavy (non-hydrogen) atoms. The standard InChI is InChI=1S/C20H22F2N6O/c21-15-5-3-14(8-16(15)22)9-23-17(29)6-4-13-2-1-7-28(10-13)20-18-19(25-11-24-18)26-12-27-20/h3,5,8,11-13H,1-2,4,6-7,9-10H2,(H,23,29)(H,24,25,26,27). The molecule has 1 aliphatic heterocycles. The van der Waals surface area contributed by atoms with Gasteiger partial charge in [-0.2, -0.15) is 0 Å². The zero-order chi connectivity index (χ0) is 20.2. The normalized spacial score (nSPS) is 16.9. The quantitative estimate of drug-likeness (QED) is 0.664. The lowest BCUT2D eigenvalue weighted by Crippen LogP contribution is -2.36. The van der Waals surface area contributed by atoms with Crippen molar-refractivity contribution in [1.29, 1.82) is 0 Å². The van der Waals surface area contributed by atoms with Crippen molar-refractivity contribution in [2.75, 3.05) is 18.0 Å². The van der Waals surface area contributed by atoms with Crippen LogP contribution in [0.4, 0.5) is 14.6 Å². The number of H-pyrrole nitrogens is 1. The number of hydrogen-bond donors (Lipinski definition) is 2. The third-order valence-corrected chi connectivity index (χ3v) is 5.27. The molecule has 4 rings (SSSR count). The second-order valence-electron chi connectivity index (χ2n) is 7.32. The van der Waals surface area contributed by atoms with E-state index in [-0.39, 0.29) is 12.5 Å². The number of anilines is 1. The Bertz CT molecular complexity index is 1010. The van der Waals surface area contributed by atoms with E-state index in [9.17, 15) is 13.6 Å². The number of imidazole rings is 1. The van der Waals surface area contributed by atoms with Crippen LogP contribution in [0.3, 0.4) is 0 Å². The number of carbonyl (C=O) groups is 1. The van der Waals surface area contributed by atoms with Gasteiger partial charge in [-0.05, 0) is 42.9 Å². The summed E-state index contributed by atoms with van der Waals surface area (Å²) in [6.07, 6.45) is 6.38. The fourth-order valence-corrected chi connectivity index (χ4v) is 3.76. The van der Waals surface area contributed by atoms with Crippen LogP contribution in [0.5, 0.6) is 0 Å². The van der Waals surface area contributed by atoms with Gasteiger partial charge in [-0.1, -0.05) is 6.07 Å². The first-order valence-electron chi connectivity index (χ1n) is 9.70. The molecule has 0 spiro atoms. The molecule has 1 aromatic carbocycles. The van der Waals surface area contributed by atoms with E-state index in [0.29, 0.717) is 23.5 Å². The smallest absolute Gasteiger partial charge is 0.220 e. The van der Waals surface area contributed by atoms with Crippen molar-refractivity contribution in [2.24, 2.45) is 5.92 Å².